The number of likely N-dealkylation sites (tertiary alicyclic amines) is 1. The first-order valence-corrected chi connectivity index (χ1v) is 9.40. The summed E-state index contributed by atoms with van der Waals surface area (Å²) in [6.07, 6.45) is 2.02. The van der Waals surface area contributed by atoms with Crippen molar-refractivity contribution >= 4 is 15.9 Å². The summed E-state index contributed by atoms with van der Waals surface area (Å²) in [6.45, 7) is 4.75. The molecule has 3 rings (SSSR count). The molecule has 0 aromatic carbocycles. The molecule has 1 aromatic rings. The second kappa shape index (κ2) is 6.26. The molecule has 2 saturated heterocycles. The van der Waals surface area contributed by atoms with Crippen LogP contribution in [0.15, 0.2) is 11.0 Å². The van der Waals surface area contributed by atoms with E-state index in [9.17, 15) is 13.2 Å². The van der Waals surface area contributed by atoms with Gasteiger partial charge in [0.2, 0.25) is 10.0 Å². The van der Waals surface area contributed by atoms with Gasteiger partial charge in [-0.3, -0.25) is 4.79 Å². The lowest BCUT2D eigenvalue weighted by molar-refractivity contribution is 0.0730. The zero-order valence-electron chi connectivity index (χ0n) is 13.6. The number of carbonyl (C=O) groups excluding carboxylic acids is 1. The Kier molecular flexibility index (Phi) is 4.48. The Morgan fingerprint density at radius 2 is 1.74 bits per heavy atom. The minimum atomic E-state index is -3.59. The van der Waals surface area contributed by atoms with Crippen LogP contribution in [0.2, 0.25) is 0 Å². The van der Waals surface area contributed by atoms with E-state index in [-0.39, 0.29) is 10.8 Å². The average Bonchev–Trinajstić information content (AvgIpc) is 3.18. The lowest BCUT2D eigenvalue weighted by Gasteiger charge is -2.25. The second-order valence-corrected chi connectivity index (χ2v) is 7.96. The van der Waals surface area contributed by atoms with Crippen molar-refractivity contribution in [3.63, 3.8) is 0 Å². The Bertz CT molecular complexity index is 699. The summed E-state index contributed by atoms with van der Waals surface area (Å²) in [5.74, 6) is -0.0865. The molecule has 23 heavy (non-hydrogen) atoms. The van der Waals surface area contributed by atoms with Crippen LogP contribution in [0.25, 0.3) is 0 Å². The van der Waals surface area contributed by atoms with Crippen LogP contribution in [0.5, 0.6) is 0 Å². The van der Waals surface area contributed by atoms with Gasteiger partial charge in [0.15, 0.2) is 0 Å². The first kappa shape index (κ1) is 16.5. The number of carbonyl (C=O) groups is 1. The minimum absolute atomic E-state index is 0.0865. The predicted octanol–water partition coefficient (Wildman–Crippen LogP) is 0.590. The van der Waals surface area contributed by atoms with E-state index in [0.717, 1.165) is 25.9 Å². The normalized spacial score (nSPS) is 20.2. The molecule has 0 N–H and O–H groups in total. The predicted molar refractivity (Wildman–Crippen MR) is 84.9 cm³/mol. The summed E-state index contributed by atoms with van der Waals surface area (Å²) >= 11 is 0. The van der Waals surface area contributed by atoms with Gasteiger partial charge < -0.3 is 14.2 Å². The topological polar surface area (TPSA) is 71.8 Å². The highest BCUT2D eigenvalue weighted by atomic mass is 32.2. The average molecular weight is 341 g/mol. The van der Waals surface area contributed by atoms with Crippen LogP contribution >= 0.6 is 0 Å². The highest BCUT2D eigenvalue weighted by Crippen LogP contribution is 2.25. The maximum Gasteiger partial charge on any atom is 0.270 e. The molecular formula is C15H23N3O4S. The second-order valence-electron chi connectivity index (χ2n) is 6.05. The number of amides is 1. The van der Waals surface area contributed by atoms with Crippen molar-refractivity contribution in [3.8, 4) is 0 Å². The van der Waals surface area contributed by atoms with E-state index in [2.05, 4.69) is 0 Å². The molecule has 8 heteroatoms. The molecule has 0 unspecified atom stereocenters. The van der Waals surface area contributed by atoms with E-state index in [4.69, 9.17) is 4.74 Å². The Labute approximate surface area is 136 Å². The molecule has 3 heterocycles. The van der Waals surface area contributed by atoms with Crippen molar-refractivity contribution in [1.29, 1.82) is 0 Å². The van der Waals surface area contributed by atoms with Crippen molar-refractivity contribution in [2.24, 2.45) is 7.05 Å². The summed E-state index contributed by atoms with van der Waals surface area (Å²) in [4.78, 5) is 14.6. The molecule has 2 fully saturated rings. The maximum atomic E-state index is 12.8. The lowest BCUT2D eigenvalue weighted by atomic mass is 10.3. The van der Waals surface area contributed by atoms with Gasteiger partial charge in [-0.05, 0) is 25.8 Å². The Morgan fingerprint density at radius 1 is 1.13 bits per heavy atom. The van der Waals surface area contributed by atoms with Gasteiger partial charge in [-0.15, -0.1) is 0 Å². The number of rotatable bonds is 3. The van der Waals surface area contributed by atoms with Crippen LogP contribution in [-0.4, -0.2) is 67.5 Å². The standard InChI is InChI=1S/C15H23N3O4S/c1-12-14(23(20,21)18-7-9-22-10-8-18)11-13(16(12)2)15(19)17-5-3-4-6-17/h11H,3-10H2,1-2H3. The third kappa shape index (κ3) is 2.90. The number of morpholine rings is 1. The van der Waals surface area contributed by atoms with Gasteiger partial charge in [0, 0.05) is 38.9 Å². The highest BCUT2D eigenvalue weighted by molar-refractivity contribution is 7.89. The number of sulfonamides is 1. The SMILES string of the molecule is Cc1c(S(=O)(=O)N2CCOCC2)cc(C(=O)N2CCCC2)n1C. The Morgan fingerprint density at radius 3 is 2.35 bits per heavy atom. The van der Waals surface area contributed by atoms with Crippen LogP contribution < -0.4 is 0 Å². The third-order valence-corrected chi connectivity index (χ3v) is 6.70. The largest absolute Gasteiger partial charge is 0.379 e. The number of aromatic nitrogens is 1. The van der Waals surface area contributed by atoms with Crippen molar-refractivity contribution in [2.45, 2.75) is 24.7 Å². The van der Waals surface area contributed by atoms with E-state index >= 15 is 0 Å². The lowest BCUT2D eigenvalue weighted by Crippen LogP contribution is -2.40. The van der Waals surface area contributed by atoms with Gasteiger partial charge in [-0.1, -0.05) is 0 Å². The van der Waals surface area contributed by atoms with Crippen LogP contribution in [0, 0.1) is 6.92 Å². The molecule has 0 aliphatic carbocycles. The molecule has 1 aromatic heterocycles. The quantitative estimate of drug-likeness (QED) is 0.807. The number of hydrogen-bond donors (Lipinski definition) is 0. The van der Waals surface area contributed by atoms with E-state index in [1.165, 1.54) is 10.4 Å². The van der Waals surface area contributed by atoms with Gasteiger partial charge in [0.05, 0.1) is 13.2 Å². The molecule has 0 bridgehead atoms. The van der Waals surface area contributed by atoms with E-state index in [0.29, 0.717) is 37.7 Å². The fraction of sp³-hybridized carbons (Fsp3) is 0.667. The number of ether oxygens (including phenoxy) is 1. The number of hydrogen-bond acceptors (Lipinski definition) is 4. The molecule has 1 amide bonds. The molecule has 128 valence electrons. The van der Waals surface area contributed by atoms with Gasteiger partial charge in [-0.25, -0.2) is 8.42 Å². The first-order valence-electron chi connectivity index (χ1n) is 7.96. The fourth-order valence-corrected chi connectivity index (χ4v) is 4.82. The summed E-state index contributed by atoms with van der Waals surface area (Å²) in [6, 6.07) is 1.53. The summed E-state index contributed by atoms with van der Waals surface area (Å²) in [5, 5.41) is 0. The fourth-order valence-electron chi connectivity index (χ4n) is 3.15. The van der Waals surface area contributed by atoms with Gasteiger partial charge in [0.25, 0.3) is 5.91 Å². The Hall–Kier alpha value is -1.38. The summed E-state index contributed by atoms with van der Waals surface area (Å²) < 4.78 is 34.0. The molecule has 0 saturated carbocycles. The minimum Gasteiger partial charge on any atom is -0.379 e. The van der Waals surface area contributed by atoms with E-state index in [1.807, 2.05) is 0 Å². The van der Waals surface area contributed by atoms with Gasteiger partial charge >= 0.3 is 0 Å². The van der Waals surface area contributed by atoms with Crippen LogP contribution in [0.1, 0.15) is 29.0 Å². The maximum absolute atomic E-state index is 12.8. The van der Waals surface area contributed by atoms with Crippen LogP contribution in [-0.2, 0) is 21.8 Å². The molecule has 0 radical (unpaired) electrons. The van der Waals surface area contributed by atoms with Crippen molar-refractivity contribution in [3.05, 3.63) is 17.5 Å². The van der Waals surface area contributed by atoms with Crippen molar-refractivity contribution in [2.75, 3.05) is 39.4 Å². The number of nitrogens with zero attached hydrogens (tertiary/aromatic N) is 3. The van der Waals surface area contributed by atoms with Crippen LogP contribution in [0.4, 0.5) is 0 Å². The van der Waals surface area contributed by atoms with Crippen molar-refractivity contribution in [1.82, 2.24) is 13.8 Å². The monoisotopic (exact) mass is 341 g/mol. The first-order chi connectivity index (χ1) is 10.9. The van der Waals surface area contributed by atoms with E-state index < -0.39 is 10.0 Å². The molecule has 2 aliphatic rings. The summed E-state index contributed by atoms with van der Waals surface area (Å²) in [7, 11) is -1.84. The van der Waals surface area contributed by atoms with Crippen LogP contribution in [0.3, 0.4) is 0 Å². The van der Waals surface area contributed by atoms with Crippen molar-refractivity contribution < 1.29 is 17.9 Å². The molecule has 0 atom stereocenters. The van der Waals surface area contributed by atoms with Gasteiger partial charge in [-0.2, -0.15) is 4.31 Å². The molecule has 0 spiro atoms. The molecule has 7 nitrogen and oxygen atoms in total. The molecular weight excluding hydrogens is 318 g/mol. The zero-order chi connectivity index (χ0) is 16.6. The van der Waals surface area contributed by atoms with Gasteiger partial charge in [0.1, 0.15) is 10.6 Å². The molecule has 2 aliphatic heterocycles. The smallest absolute Gasteiger partial charge is 0.270 e. The highest BCUT2D eigenvalue weighted by Gasteiger charge is 2.32. The zero-order valence-corrected chi connectivity index (χ0v) is 14.4. The third-order valence-electron chi connectivity index (χ3n) is 4.69. The summed E-state index contributed by atoms with van der Waals surface area (Å²) in [5.41, 5.74) is 1.04. The van der Waals surface area contributed by atoms with E-state index in [1.54, 1.807) is 23.4 Å². The Balaban J connectivity index is 1.94.